The van der Waals surface area contributed by atoms with E-state index in [0.29, 0.717) is 5.25 Å². The first-order valence-corrected chi connectivity index (χ1v) is 8.48. The van der Waals surface area contributed by atoms with Crippen molar-refractivity contribution in [1.82, 2.24) is 10.2 Å². The molecule has 2 saturated heterocycles. The molecule has 0 radical (unpaired) electrons. The summed E-state index contributed by atoms with van der Waals surface area (Å²) in [4.78, 5) is 2.38. The van der Waals surface area contributed by atoms with Gasteiger partial charge in [0.2, 0.25) is 0 Å². The van der Waals surface area contributed by atoms with Crippen LogP contribution in [0.5, 0.6) is 0 Å². The maximum atomic E-state index is 5.89. The number of fused-ring (bicyclic) bond motifs is 1. The van der Waals surface area contributed by atoms with E-state index in [1.807, 2.05) is 0 Å². The summed E-state index contributed by atoms with van der Waals surface area (Å²) in [5.41, 5.74) is 1.19. The van der Waals surface area contributed by atoms with E-state index in [4.69, 9.17) is 13.5 Å². The van der Waals surface area contributed by atoms with Crippen molar-refractivity contribution >= 4 is 41.4 Å². The van der Waals surface area contributed by atoms with Crippen molar-refractivity contribution in [1.29, 1.82) is 0 Å². The summed E-state index contributed by atoms with van der Waals surface area (Å²) < 4.78 is 15.7. The topological polar surface area (TPSA) is 49.2 Å². The molecule has 0 amide bonds. The maximum absolute atomic E-state index is 5.89. The van der Waals surface area contributed by atoms with E-state index in [1.165, 1.54) is 18.6 Å². The molecule has 3 heterocycles. The molecule has 1 aliphatic carbocycles. The number of hydrogen-bond donors (Lipinski definition) is 1. The van der Waals surface area contributed by atoms with Crippen molar-refractivity contribution in [3.8, 4) is 0 Å². The second-order valence-electron chi connectivity index (χ2n) is 5.46. The summed E-state index contributed by atoms with van der Waals surface area (Å²) in [5, 5.41) is 4.11. The summed E-state index contributed by atoms with van der Waals surface area (Å²) in [6.07, 6.45) is 4.76. The zero-order valence-electron chi connectivity index (χ0n) is 11.9. The Bertz CT molecular complexity index is 485. The predicted molar refractivity (Wildman–Crippen MR) is 91.4 cm³/mol. The van der Waals surface area contributed by atoms with Crippen LogP contribution in [0.2, 0.25) is 0 Å². The van der Waals surface area contributed by atoms with Gasteiger partial charge in [0.15, 0.2) is 11.6 Å². The molecule has 1 N–H and O–H groups in total. The van der Waals surface area contributed by atoms with E-state index in [2.05, 4.69) is 10.2 Å². The quantitative estimate of drug-likeness (QED) is 0.827. The summed E-state index contributed by atoms with van der Waals surface area (Å²) in [6, 6.07) is 0. The molecule has 8 heteroatoms. The number of nitrogens with zero attached hydrogens (tertiary/aromatic N) is 3. The molecular weight excluding hydrogens is 331 g/mol. The van der Waals surface area contributed by atoms with Gasteiger partial charge in [-0.1, -0.05) is 0 Å². The van der Waals surface area contributed by atoms with Gasteiger partial charge < -0.3 is 15.0 Å². The Labute approximate surface area is 140 Å². The Morgan fingerprint density at radius 3 is 2.67 bits per heavy atom. The highest BCUT2D eigenvalue weighted by Gasteiger charge is 2.33. The van der Waals surface area contributed by atoms with Crippen molar-refractivity contribution in [2.75, 3.05) is 32.8 Å². The van der Waals surface area contributed by atoms with Crippen LogP contribution in [0.3, 0.4) is 0 Å². The third-order valence-corrected chi connectivity index (χ3v) is 5.73. The van der Waals surface area contributed by atoms with Crippen molar-refractivity contribution in [3.05, 3.63) is 11.6 Å². The molecule has 5 nitrogen and oxygen atoms in total. The molecule has 3 fully saturated rings. The largest absolute Gasteiger partial charge is 0.488 e. The fraction of sp³-hybridized carbons (Fsp3) is 0.769. The Morgan fingerprint density at radius 1 is 1.19 bits per heavy atom. The van der Waals surface area contributed by atoms with Gasteiger partial charge in [0.05, 0.1) is 12.3 Å². The van der Waals surface area contributed by atoms with Gasteiger partial charge in [0.25, 0.3) is 0 Å². The first kappa shape index (κ1) is 17.1. The van der Waals surface area contributed by atoms with Crippen LogP contribution >= 0.6 is 24.8 Å². The van der Waals surface area contributed by atoms with Gasteiger partial charge in [-0.05, 0) is 25.7 Å². The van der Waals surface area contributed by atoms with E-state index >= 15 is 0 Å². The van der Waals surface area contributed by atoms with Gasteiger partial charge in [0, 0.05) is 42.3 Å². The number of allylic oxidation sites excluding steroid dienone is 1. The van der Waals surface area contributed by atoms with Gasteiger partial charge >= 0.3 is 0 Å². The zero-order chi connectivity index (χ0) is 12.7. The summed E-state index contributed by atoms with van der Waals surface area (Å²) in [7, 11) is -0.122. The lowest BCUT2D eigenvalue weighted by molar-refractivity contribution is 0.192. The van der Waals surface area contributed by atoms with Crippen LogP contribution < -0.4 is 5.32 Å². The highest BCUT2D eigenvalue weighted by Crippen LogP contribution is 2.34. The first-order chi connectivity index (χ1) is 9.42. The van der Waals surface area contributed by atoms with Crippen LogP contribution in [0, 0.1) is 0 Å². The molecule has 0 aromatic carbocycles. The molecule has 120 valence electrons. The fourth-order valence-electron chi connectivity index (χ4n) is 2.66. The lowest BCUT2D eigenvalue weighted by Crippen LogP contribution is -2.44. The van der Waals surface area contributed by atoms with Crippen LogP contribution in [0.4, 0.5) is 0 Å². The highest BCUT2D eigenvalue weighted by molar-refractivity contribution is 7.87. The van der Waals surface area contributed by atoms with Gasteiger partial charge in [0.1, 0.15) is 0 Å². The Hall–Kier alpha value is -0.300. The van der Waals surface area contributed by atoms with Crippen molar-refractivity contribution in [2.45, 2.75) is 30.9 Å². The predicted octanol–water partition coefficient (Wildman–Crippen LogP) is 2.05. The Kier molecular flexibility index (Phi) is 5.94. The van der Waals surface area contributed by atoms with Gasteiger partial charge in [-0.3, -0.25) is 0 Å². The molecule has 1 saturated carbocycles. The molecule has 4 rings (SSSR count). The normalized spacial score (nSPS) is 28.3. The monoisotopic (exact) mass is 352 g/mol. The smallest absolute Gasteiger partial charge is 0.184 e. The lowest BCUT2D eigenvalue weighted by atomic mass is 10.1. The third kappa shape index (κ3) is 3.55. The number of rotatable bonds is 2. The van der Waals surface area contributed by atoms with Gasteiger partial charge in [-0.15, -0.1) is 24.8 Å². The van der Waals surface area contributed by atoms with Crippen LogP contribution in [0.1, 0.15) is 25.7 Å². The van der Waals surface area contributed by atoms with Crippen LogP contribution in [-0.2, 0) is 15.6 Å². The van der Waals surface area contributed by atoms with Crippen molar-refractivity contribution < 1.29 is 4.74 Å². The van der Waals surface area contributed by atoms with Crippen molar-refractivity contribution in [3.63, 3.8) is 0 Å². The average Bonchev–Trinajstić information content (AvgIpc) is 3.32. The minimum Gasteiger partial charge on any atom is -0.488 e. The Balaban J connectivity index is 0.000000807. The van der Waals surface area contributed by atoms with Crippen LogP contribution in [0.15, 0.2) is 20.3 Å². The second-order valence-corrected chi connectivity index (χ2v) is 7.08. The first-order valence-electron chi connectivity index (χ1n) is 7.27. The number of piperazine rings is 1. The molecule has 0 spiro atoms. The summed E-state index contributed by atoms with van der Waals surface area (Å²) in [6.45, 7) is 4.95. The van der Waals surface area contributed by atoms with Crippen LogP contribution in [0.25, 0.3) is 0 Å². The SMILES string of the molecule is C1COC2=C(N3CCNCC3)N=S(C3CC3)N=C2C1.Cl.Cl. The lowest BCUT2D eigenvalue weighted by Gasteiger charge is -2.33. The highest BCUT2D eigenvalue weighted by atomic mass is 35.5. The molecule has 4 aliphatic rings. The molecular formula is C13H22Cl2N4OS. The molecule has 3 aliphatic heterocycles. The standard InChI is InChI=1S/C13H20N4OS.2ClH/c1-2-11-12(18-9-1)13(17-7-5-14-6-8-17)16-19(15-11)10-3-4-10;;/h10,14H,1-9H2;2*1H. The minimum absolute atomic E-state index is 0. The van der Waals surface area contributed by atoms with Crippen molar-refractivity contribution in [2.24, 2.45) is 8.76 Å². The van der Waals surface area contributed by atoms with E-state index in [1.54, 1.807) is 0 Å². The molecule has 0 bridgehead atoms. The van der Waals surface area contributed by atoms with E-state index in [-0.39, 0.29) is 35.7 Å². The van der Waals surface area contributed by atoms with Gasteiger partial charge in [-0.2, -0.15) is 4.36 Å². The summed E-state index contributed by atoms with van der Waals surface area (Å²) in [5.74, 6) is 2.08. The molecule has 0 aromatic rings. The average molecular weight is 353 g/mol. The van der Waals surface area contributed by atoms with E-state index in [9.17, 15) is 0 Å². The molecule has 1 unspecified atom stereocenters. The molecule has 1 atom stereocenters. The number of hydrogen-bond acceptors (Lipinski definition) is 5. The number of nitrogens with one attached hydrogen (secondary N) is 1. The molecule has 21 heavy (non-hydrogen) atoms. The second kappa shape index (κ2) is 7.31. The third-order valence-electron chi connectivity index (χ3n) is 3.89. The van der Waals surface area contributed by atoms with E-state index < -0.39 is 0 Å². The summed E-state index contributed by atoms with van der Waals surface area (Å²) >= 11 is 0. The fourth-order valence-corrected chi connectivity index (χ4v) is 4.33. The van der Waals surface area contributed by atoms with E-state index in [0.717, 1.165) is 57.2 Å². The number of halogens is 2. The molecule has 0 aromatic heterocycles. The Morgan fingerprint density at radius 2 is 1.95 bits per heavy atom. The minimum atomic E-state index is -0.122. The van der Waals surface area contributed by atoms with Crippen LogP contribution in [-0.4, -0.2) is 48.6 Å². The number of ether oxygens (including phenoxy) is 1. The van der Waals surface area contributed by atoms with Gasteiger partial charge in [-0.25, -0.2) is 4.40 Å². The maximum Gasteiger partial charge on any atom is 0.184 e. The zero-order valence-corrected chi connectivity index (χ0v) is 14.4.